The number of carbonyl (C=O) groups is 1. The number of imidazole rings is 1. The lowest BCUT2D eigenvalue weighted by Gasteiger charge is -2.14. The van der Waals surface area contributed by atoms with Crippen LogP contribution in [0.4, 0.5) is 0 Å². The maximum Gasteiger partial charge on any atom is 0.240 e. The third kappa shape index (κ3) is 2.90. The van der Waals surface area contributed by atoms with Crippen LogP contribution in [0.25, 0.3) is 0 Å². The van der Waals surface area contributed by atoms with E-state index in [1.54, 1.807) is 6.33 Å². The Morgan fingerprint density at radius 3 is 2.85 bits per heavy atom. The van der Waals surface area contributed by atoms with Gasteiger partial charge in [-0.15, -0.1) is 0 Å². The summed E-state index contributed by atoms with van der Waals surface area (Å²) in [5, 5.41) is 2.96. The molecule has 2 aromatic rings. The fourth-order valence-corrected chi connectivity index (χ4v) is 2.67. The Morgan fingerprint density at radius 1 is 1.20 bits per heavy atom. The van der Waals surface area contributed by atoms with Crippen LogP contribution in [0.5, 0.6) is 0 Å². The maximum absolute atomic E-state index is 12.0. The molecule has 104 valence electrons. The lowest BCUT2D eigenvalue weighted by molar-refractivity contribution is -0.121. The first-order valence-electron chi connectivity index (χ1n) is 7.16. The van der Waals surface area contributed by atoms with Crippen molar-refractivity contribution in [2.75, 3.05) is 0 Å². The summed E-state index contributed by atoms with van der Waals surface area (Å²) in [6.07, 6.45) is 6.31. The highest BCUT2D eigenvalue weighted by atomic mass is 16.1. The van der Waals surface area contributed by atoms with Crippen molar-refractivity contribution in [3.05, 3.63) is 53.6 Å². The Bertz CT molecular complexity index is 589. The van der Waals surface area contributed by atoms with E-state index < -0.39 is 0 Å². The standard InChI is InChI=1S/C16H19N3O/c20-16(17-10-13-6-2-1-3-7-13)11-19-12-18-14-8-4-5-9-15(14)19/h1-3,6-7,12H,4-5,8-11H2,(H,17,20). The molecule has 0 spiro atoms. The van der Waals surface area contributed by atoms with Gasteiger partial charge in [0.15, 0.2) is 0 Å². The van der Waals surface area contributed by atoms with Crippen molar-refractivity contribution < 1.29 is 4.79 Å². The maximum atomic E-state index is 12.0. The first-order chi connectivity index (χ1) is 9.83. The van der Waals surface area contributed by atoms with Crippen LogP contribution in [0.3, 0.4) is 0 Å². The highest BCUT2D eigenvalue weighted by molar-refractivity contribution is 5.75. The number of aromatic nitrogens is 2. The van der Waals surface area contributed by atoms with E-state index in [0.29, 0.717) is 13.1 Å². The summed E-state index contributed by atoms with van der Waals surface area (Å²) < 4.78 is 1.99. The van der Waals surface area contributed by atoms with Crippen LogP contribution in [-0.2, 0) is 30.7 Å². The number of carbonyl (C=O) groups excluding carboxylic acids is 1. The third-order valence-electron chi connectivity index (χ3n) is 3.76. The van der Waals surface area contributed by atoms with Gasteiger partial charge in [-0.25, -0.2) is 4.98 Å². The van der Waals surface area contributed by atoms with Crippen molar-refractivity contribution in [1.29, 1.82) is 0 Å². The highest BCUT2D eigenvalue weighted by Crippen LogP contribution is 2.19. The summed E-state index contributed by atoms with van der Waals surface area (Å²) in [6.45, 7) is 0.950. The molecular weight excluding hydrogens is 250 g/mol. The number of rotatable bonds is 4. The average molecular weight is 269 g/mol. The Labute approximate surface area is 118 Å². The van der Waals surface area contributed by atoms with Crippen LogP contribution in [0.15, 0.2) is 36.7 Å². The van der Waals surface area contributed by atoms with Crippen molar-refractivity contribution in [2.45, 2.75) is 38.8 Å². The van der Waals surface area contributed by atoms with Gasteiger partial charge < -0.3 is 9.88 Å². The topological polar surface area (TPSA) is 46.9 Å². The second kappa shape index (κ2) is 5.90. The normalized spacial score (nSPS) is 13.8. The number of aryl methyl sites for hydroxylation is 1. The van der Waals surface area contributed by atoms with Crippen molar-refractivity contribution in [3.63, 3.8) is 0 Å². The quantitative estimate of drug-likeness (QED) is 0.923. The predicted octanol–water partition coefficient (Wildman–Crippen LogP) is 2.08. The molecule has 0 radical (unpaired) electrons. The summed E-state index contributed by atoms with van der Waals surface area (Å²) in [5.41, 5.74) is 3.53. The minimum Gasteiger partial charge on any atom is -0.350 e. The molecular formula is C16H19N3O. The van der Waals surface area contributed by atoms with Crippen molar-refractivity contribution >= 4 is 5.91 Å². The molecule has 0 aliphatic heterocycles. The van der Waals surface area contributed by atoms with E-state index in [4.69, 9.17) is 0 Å². The molecule has 0 unspecified atom stereocenters. The van der Waals surface area contributed by atoms with Crippen LogP contribution in [-0.4, -0.2) is 15.5 Å². The zero-order valence-corrected chi connectivity index (χ0v) is 11.5. The molecule has 0 atom stereocenters. The lowest BCUT2D eigenvalue weighted by Crippen LogP contribution is -2.27. The monoisotopic (exact) mass is 269 g/mol. The molecule has 0 saturated carbocycles. The minimum absolute atomic E-state index is 0.0413. The number of nitrogens with zero attached hydrogens (tertiary/aromatic N) is 2. The number of benzene rings is 1. The van der Waals surface area contributed by atoms with E-state index in [1.807, 2.05) is 34.9 Å². The van der Waals surface area contributed by atoms with Crippen molar-refractivity contribution in [1.82, 2.24) is 14.9 Å². The lowest BCUT2D eigenvalue weighted by atomic mass is 10.0. The SMILES string of the molecule is O=C(Cn1cnc2c1CCCC2)NCc1ccccc1. The molecule has 1 heterocycles. The zero-order chi connectivity index (χ0) is 13.8. The molecule has 0 saturated heterocycles. The third-order valence-corrected chi connectivity index (χ3v) is 3.76. The summed E-state index contributed by atoms with van der Waals surface area (Å²) in [7, 11) is 0. The summed E-state index contributed by atoms with van der Waals surface area (Å²) >= 11 is 0. The second-order valence-corrected chi connectivity index (χ2v) is 5.24. The summed E-state index contributed by atoms with van der Waals surface area (Å²) in [6, 6.07) is 9.96. The molecule has 1 aliphatic carbocycles. The van der Waals surface area contributed by atoms with E-state index in [9.17, 15) is 4.79 Å². The Balaban J connectivity index is 1.58. The highest BCUT2D eigenvalue weighted by Gasteiger charge is 2.16. The molecule has 1 aromatic heterocycles. The smallest absolute Gasteiger partial charge is 0.240 e. The average Bonchev–Trinajstić information content (AvgIpc) is 2.90. The van der Waals surface area contributed by atoms with Crippen LogP contribution in [0, 0.1) is 0 Å². The molecule has 1 aliphatic rings. The molecule has 3 rings (SSSR count). The van der Waals surface area contributed by atoms with Gasteiger partial charge in [-0.2, -0.15) is 0 Å². The Hall–Kier alpha value is -2.10. The van der Waals surface area contributed by atoms with Gasteiger partial charge in [0.25, 0.3) is 0 Å². The molecule has 4 nitrogen and oxygen atoms in total. The van der Waals surface area contributed by atoms with E-state index in [-0.39, 0.29) is 5.91 Å². The molecule has 20 heavy (non-hydrogen) atoms. The van der Waals surface area contributed by atoms with E-state index in [2.05, 4.69) is 10.3 Å². The van der Waals surface area contributed by atoms with Crippen molar-refractivity contribution in [2.24, 2.45) is 0 Å². The van der Waals surface area contributed by atoms with Gasteiger partial charge >= 0.3 is 0 Å². The predicted molar refractivity (Wildman–Crippen MR) is 77.2 cm³/mol. The fourth-order valence-electron chi connectivity index (χ4n) is 2.67. The van der Waals surface area contributed by atoms with Gasteiger partial charge in [0.1, 0.15) is 6.54 Å². The molecule has 0 bridgehead atoms. The zero-order valence-electron chi connectivity index (χ0n) is 11.5. The molecule has 4 heteroatoms. The van der Waals surface area contributed by atoms with Gasteiger partial charge in [0, 0.05) is 12.2 Å². The Kier molecular flexibility index (Phi) is 3.81. The first kappa shape index (κ1) is 12.9. The largest absolute Gasteiger partial charge is 0.350 e. The van der Waals surface area contributed by atoms with E-state index >= 15 is 0 Å². The fraction of sp³-hybridized carbons (Fsp3) is 0.375. The summed E-state index contributed by atoms with van der Waals surface area (Å²) in [5.74, 6) is 0.0413. The molecule has 0 fully saturated rings. The number of amides is 1. The number of nitrogens with one attached hydrogen (secondary N) is 1. The summed E-state index contributed by atoms with van der Waals surface area (Å²) in [4.78, 5) is 16.4. The first-order valence-corrected chi connectivity index (χ1v) is 7.16. The van der Waals surface area contributed by atoms with Crippen molar-refractivity contribution in [3.8, 4) is 0 Å². The van der Waals surface area contributed by atoms with Gasteiger partial charge in [-0.05, 0) is 31.2 Å². The van der Waals surface area contributed by atoms with E-state index in [1.165, 1.54) is 24.2 Å². The van der Waals surface area contributed by atoms with Gasteiger partial charge in [-0.1, -0.05) is 30.3 Å². The minimum atomic E-state index is 0.0413. The molecule has 1 aromatic carbocycles. The number of hydrogen-bond acceptors (Lipinski definition) is 2. The second-order valence-electron chi connectivity index (χ2n) is 5.24. The van der Waals surface area contributed by atoms with Crippen LogP contribution < -0.4 is 5.32 Å². The Morgan fingerprint density at radius 2 is 2.00 bits per heavy atom. The van der Waals surface area contributed by atoms with Crippen LogP contribution in [0.1, 0.15) is 29.8 Å². The van der Waals surface area contributed by atoms with Gasteiger partial charge in [0.2, 0.25) is 5.91 Å². The van der Waals surface area contributed by atoms with Gasteiger partial charge in [0.05, 0.1) is 12.0 Å². The number of hydrogen-bond donors (Lipinski definition) is 1. The molecule has 1 amide bonds. The van der Waals surface area contributed by atoms with E-state index in [0.717, 1.165) is 18.4 Å². The van der Waals surface area contributed by atoms with Crippen LogP contribution in [0.2, 0.25) is 0 Å². The number of fused-ring (bicyclic) bond motifs is 1. The molecule has 1 N–H and O–H groups in total. The van der Waals surface area contributed by atoms with Crippen LogP contribution >= 0.6 is 0 Å². The van der Waals surface area contributed by atoms with Gasteiger partial charge in [-0.3, -0.25) is 4.79 Å².